The summed E-state index contributed by atoms with van der Waals surface area (Å²) < 4.78 is 62.2. The summed E-state index contributed by atoms with van der Waals surface area (Å²) in [6.07, 6.45) is -5.04. The second kappa shape index (κ2) is 9.03. The van der Waals surface area contributed by atoms with Crippen LogP contribution in [0.25, 0.3) is 0 Å². The number of rotatable bonds is 1. The molecule has 2 rings (SSSR count). The Balaban J connectivity index is 0.000000271. The van der Waals surface area contributed by atoms with E-state index < -0.39 is 39.2 Å². The van der Waals surface area contributed by atoms with E-state index in [9.17, 15) is 26.7 Å². The maximum absolute atomic E-state index is 12.8. The lowest BCUT2D eigenvalue weighted by Crippen LogP contribution is -2.22. The van der Waals surface area contributed by atoms with Crippen LogP contribution in [-0.2, 0) is 0 Å². The van der Waals surface area contributed by atoms with Gasteiger partial charge in [0, 0.05) is 9.13 Å². The Bertz CT molecular complexity index is 764. The van der Waals surface area contributed by atoms with E-state index in [1.54, 1.807) is 0 Å². The molecular formula is C14H4Cl4F5IO. The summed E-state index contributed by atoms with van der Waals surface area (Å²) in [5, 5.41) is -1.13. The third-order valence-corrected chi connectivity index (χ3v) is 4.17. The van der Waals surface area contributed by atoms with Gasteiger partial charge in [-0.3, -0.25) is 4.79 Å². The van der Waals surface area contributed by atoms with Crippen molar-refractivity contribution in [3.63, 3.8) is 0 Å². The van der Waals surface area contributed by atoms with Crippen molar-refractivity contribution in [2.45, 2.75) is 6.18 Å². The van der Waals surface area contributed by atoms with Crippen molar-refractivity contribution in [3.8, 4) is 0 Å². The quantitative estimate of drug-likeness (QED) is 0.117. The monoisotopic (exact) mass is 550 g/mol. The highest BCUT2D eigenvalue weighted by Gasteiger charge is 2.39. The maximum Gasteiger partial charge on any atom is 0.454 e. The van der Waals surface area contributed by atoms with Crippen LogP contribution in [0.2, 0.25) is 20.1 Å². The summed E-state index contributed by atoms with van der Waals surface area (Å²) in [6, 6.07) is 4.20. The third kappa shape index (κ3) is 6.39. The van der Waals surface area contributed by atoms with Gasteiger partial charge in [0.05, 0.1) is 20.1 Å². The molecule has 0 saturated carbocycles. The Morgan fingerprint density at radius 3 is 1.44 bits per heavy atom. The molecule has 25 heavy (non-hydrogen) atoms. The molecule has 0 aliphatic heterocycles. The highest BCUT2D eigenvalue weighted by atomic mass is 127. The molecule has 0 N–H and O–H groups in total. The molecule has 0 heterocycles. The minimum absolute atomic E-state index is 0.0666. The molecule has 2 aromatic carbocycles. The second-order valence-corrected chi connectivity index (χ2v) is 7.14. The van der Waals surface area contributed by atoms with E-state index in [1.165, 1.54) is 12.1 Å². The fraction of sp³-hybridized carbons (Fsp3) is 0.0714. The molecule has 1 nitrogen and oxygen atoms in total. The fourth-order valence-corrected chi connectivity index (χ4v) is 3.34. The number of ketones is 1. The molecule has 11 heteroatoms. The first-order valence-electron chi connectivity index (χ1n) is 5.90. The molecule has 0 radical (unpaired) electrons. The van der Waals surface area contributed by atoms with Gasteiger partial charge in [0.1, 0.15) is 0 Å². The highest BCUT2D eigenvalue weighted by molar-refractivity contribution is 14.1. The van der Waals surface area contributed by atoms with Gasteiger partial charge in [-0.25, -0.2) is 8.78 Å². The lowest BCUT2D eigenvalue weighted by Gasteiger charge is -2.06. The Morgan fingerprint density at radius 1 is 0.800 bits per heavy atom. The molecular weight excluding hydrogens is 548 g/mol. The van der Waals surface area contributed by atoms with Gasteiger partial charge in [-0.1, -0.05) is 46.4 Å². The number of hydrogen-bond acceptors (Lipinski definition) is 1. The summed E-state index contributed by atoms with van der Waals surface area (Å²) in [5.74, 6) is -3.73. The van der Waals surface area contributed by atoms with Crippen molar-refractivity contribution >= 4 is 74.8 Å². The van der Waals surface area contributed by atoms with Crippen molar-refractivity contribution in [3.05, 3.63) is 65.1 Å². The topological polar surface area (TPSA) is 17.1 Å². The molecule has 0 spiro atoms. The smallest absolute Gasteiger partial charge is 0.284 e. The first-order valence-corrected chi connectivity index (χ1v) is 8.49. The van der Waals surface area contributed by atoms with Crippen molar-refractivity contribution < 1.29 is 26.7 Å². The SMILES string of the molecule is Fc1c(Cl)cc(I)cc1Cl.O=C(c1cc(Cl)c(F)c(Cl)c1)C(F)(F)F. The molecule has 2 aromatic rings. The van der Waals surface area contributed by atoms with E-state index in [-0.39, 0.29) is 10.0 Å². The van der Waals surface area contributed by atoms with Gasteiger partial charge >= 0.3 is 6.18 Å². The molecule has 0 bridgehead atoms. The van der Waals surface area contributed by atoms with E-state index in [4.69, 9.17) is 46.4 Å². The summed E-state index contributed by atoms with van der Waals surface area (Å²) in [5.41, 5.74) is -0.793. The van der Waals surface area contributed by atoms with Gasteiger partial charge in [0.2, 0.25) is 0 Å². The van der Waals surface area contributed by atoms with Gasteiger partial charge in [-0.05, 0) is 46.9 Å². The number of Topliss-reactive ketones (excluding diaryl/α,β-unsaturated/α-hetero) is 1. The molecule has 136 valence electrons. The van der Waals surface area contributed by atoms with E-state index in [0.29, 0.717) is 12.1 Å². The lowest BCUT2D eigenvalue weighted by atomic mass is 10.1. The zero-order valence-electron chi connectivity index (χ0n) is 11.5. The Hall–Kier alpha value is -0.350. The van der Waals surface area contributed by atoms with Crippen LogP contribution in [0.1, 0.15) is 10.4 Å². The molecule has 0 aliphatic rings. The Kier molecular flexibility index (Phi) is 8.20. The van der Waals surface area contributed by atoms with Crippen LogP contribution in [0.5, 0.6) is 0 Å². The second-order valence-electron chi connectivity index (χ2n) is 4.26. The van der Waals surface area contributed by atoms with Crippen molar-refractivity contribution in [1.29, 1.82) is 0 Å². The average molecular weight is 552 g/mol. The van der Waals surface area contributed by atoms with Crippen LogP contribution in [0.4, 0.5) is 22.0 Å². The largest absolute Gasteiger partial charge is 0.454 e. The van der Waals surface area contributed by atoms with Gasteiger partial charge in [-0.15, -0.1) is 0 Å². The molecule has 0 atom stereocenters. The fourth-order valence-electron chi connectivity index (χ4n) is 1.37. The summed E-state index contributed by atoms with van der Waals surface area (Å²) in [6.45, 7) is 0. The van der Waals surface area contributed by atoms with Crippen LogP contribution in [-0.4, -0.2) is 12.0 Å². The normalized spacial score (nSPS) is 11.0. The Morgan fingerprint density at radius 2 is 1.12 bits per heavy atom. The number of hydrogen-bond donors (Lipinski definition) is 0. The van der Waals surface area contributed by atoms with Crippen LogP contribution < -0.4 is 0 Å². The van der Waals surface area contributed by atoms with Crippen molar-refractivity contribution in [1.82, 2.24) is 0 Å². The van der Waals surface area contributed by atoms with Crippen LogP contribution in [0.15, 0.2) is 24.3 Å². The third-order valence-electron chi connectivity index (χ3n) is 2.45. The maximum atomic E-state index is 12.8. The summed E-state index contributed by atoms with van der Waals surface area (Å²) in [7, 11) is 0. The molecule has 0 fully saturated rings. The summed E-state index contributed by atoms with van der Waals surface area (Å²) in [4.78, 5) is 10.7. The van der Waals surface area contributed by atoms with E-state index in [0.717, 1.165) is 3.57 Å². The van der Waals surface area contributed by atoms with E-state index in [1.807, 2.05) is 22.6 Å². The lowest BCUT2D eigenvalue weighted by molar-refractivity contribution is -0.0885. The number of carbonyl (C=O) groups is 1. The first kappa shape index (κ1) is 22.7. The Labute approximate surface area is 172 Å². The van der Waals surface area contributed by atoms with Crippen molar-refractivity contribution in [2.75, 3.05) is 0 Å². The molecule has 0 unspecified atom stereocenters. The van der Waals surface area contributed by atoms with Gasteiger partial charge in [0.15, 0.2) is 11.6 Å². The van der Waals surface area contributed by atoms with Gasteiger partial charge in [-0.2, -0.15) is 13.2 Å². The molecule has 0 amide bonds. The number of carbonyl (C=O) groups excluding carboxylic acids is 1. The number of alkyl halides is 3. The average Bonchev–Trinajstić information content (AvgIpc) is 2.48. The van der Waals surface area contributed by atoms with E-state index in [2.05, 4.69) is 0 Å². The zero-order valence-corrected chi connectivity index (χ0v) is 16.7. The van der Waals surface area contributed by atoms with E-state index >= 15 is 0 Å². The van der Waals surface area contributed by atoms with Crippen LogP contribution >= 0.6 is 69.0 Å². The number of benzene rings is 2. The zero-order chi connectivity index (χ0) is 19.5. The van der Waals surface area contributed by atoms with Crippen molar-refractivity contribution in [2.24, 2.45) is 0 Å². The standard InChI is InChI=1S/C8H2Cl2F4O.C6H2Cl2FI/c9-4-1-3(2-5(10)6(4)11)7(15)8(12,13)14;7-4-1-3(10)2-5(8)6(4)9/h1-2H;1-2H. The minimum atomic E-state index is -5.04. The highest BCUT2D eigenvalue weighted by Crippen LogP contribution is 2.29. The first-order chi connectivity index (χ1) is 11.3. The molecule has 0 aromatic heterocycles. The molecule has 0 aliphatic carbocycles. The van der Waals surface area contributed by atoms with Gasteiger partial charge < -0.3 is 0 Å². The summed E-state index contributed by atoms with van der Waals surface area (Å²) >= 11 is 23.4. The predicted molar refractivity (Wildman–Crippen MR) is 95.9 cm³/mol. The van der Waals surface area contributed by atoms with Crippen LogP contribution in [0.3, 0.4) is 0 Å². The number of halogens is 10. The molecule has 0 saturated heterocycles. The van der Waals surface area contributed by atoms with Gasteiger partial charge in [0.25, 0.3) is 5.78 Å². The predicted octanol–water partition coefficient (Wildman–Crippen LogP) is 7.61. The minimum Gasteiger partial charge on any atom is -0.284 e. The van der Waals surface area contributed by atoms with Crippen LogP contribution in [0, 0.1) is 15.2 Å².